The first-order chi connectivity index (χ1) is 5.19. The molecular weight excluding hydrogens is 186 g/mol. The monoisotopic (exact) mass is 191 g/mol. The highest BCUT2D eigenvalue weighted by molar-refractivity contribution is 5.11. The van der Waals surface area contributed by atoms with Crippen molar-refractivity contribution < 1.29 is 26.3 Å². The second-order valence-electron chi connectivity index (χ2n) is 1.90. The van der Waals surface area contributed by atoms with Crippen molar-refractivity contribution in [3.63, 3.8) is 0 Å². The lowest BCUT2D eigenvalue weighted by Gasteiger charge is -2.13. The molecule has 0 rings (SSSR count). The topological polar surface area (TPSA) is 0 Å². The fraction of sp³-hybridized carbons (Fsp3) is 0.667. The summed E-state index contributed by atoms with van der Waals surface area (Å²) < 4.78 is 69.5. The van der Waals surface area contributed by atoms with Crippen molar-refractivity contribution in [2.75, 3.05) is 0 Å². The van der Waals surface area contributed by atoms with Gasteiger partial charge in [-0.1, -0.05) is 6.92 Å². The molecule has 0 aliphatic rings. The van der Waals surface area contributed by atoms with E-state index in [4.69, 9.17) is 0 Å². The summed E-state index contributed by atoms with van der Waals surface area (Å²) in [5.41, 5.74) is -2.56. The Morgan fingerprint density at radius 1 is 1.00 bits per heavy atom. The number of rotatable bonds is 1. The summed E-state index contributed by atoms with van der Waals surface area (Å²) in [4.78, 5) is 0. The van der Waals surface area contributed by atoms with E-state index in [-0.39, 0.29) is 0 Å². The molecule has 0 unspecified atom stereocenters. The first-order valence-corrected chi connectivity index (χ1v) is 2.94. The Bertz CT molecular complexity index is 155. The van der Waals surface area contributed by atoms with Crippen LogP contribution in [0.25, 0.3) is 0 Å². The van der Waals surface area contributed by atoms with Gasteiger partial charge in [0.25, 0.3) is 0 Å². The highest BCUT2D eigenvalue weighted by Crippen LogP contribution is 2.38. The van der Waals surface area contributed by atoms with Crippen LogP contribution in [0.1, 0.15) is 13.3 Å². The van der Waals surface area contributed by atoms with Gasteiger partial charge in [-0.05, 0) is 12.5 Å². The van der Waals surface area contributed by atoms with Crippen molar-refractivity contribution in [1.29, 1.82) is 0 Å². The molecule has 0 amide bonds. The van der Waals surface area contributed by atoms with Crippen molar-refractivity contribution in [2.24, 2.45) is 0 Å². The van der Waals surface area contributed by atoms with Gasteiger partial charge in [0, 0.05) is 0 Å². The number of hydrogen-bond acceptors (Lipinski definition) is 0. The van der Waals surface area contributed by atoms with Crippen molar-refractivity contribution >= 4 is 0 Å². The molecule has 0 aromatic heterocycles. The van der Waals surface area contributed by atoms with Crippen LogP contribution in [0, 0.1) is 6.08 Å². The van der Waals surface area contributed by atoms with E-state index in [1.807, 2.05) is 0 Å². The quantitative estimate of drug-likeness (QED) is 0.558. The molecule has 0 heterocycles. The average Bonchev–Trinajstić information content (AvgIpc) is 1.77. The van der Waals surface area contributed by atoms with Gasteiger partial charge in [-0.15, -0.1) is 0 Å². The van der Waals surface area contributed by atoms with Crippen LogP contribution in [0.3, 0.4) is 0 Å². The van der Waals surface area contributed by atoms with Crippen molar-refractivity contribution in [3.05, 3.63) is 11.6 Å². The zero-order chi connectivity index (χ0) is 9.99. The molecular formula is C6H5F6. The second-order valence-corrected chi connectivity index (χ2v) is 1.90. The SMILES string of the molecule is CC[C]=C(C(F)(F)F)C(F)(F)F. The first kappa shape index (κ1) is 11.3. The van der Waals surface area contributed by atoms with Gasteiger partial charge < -0.3 is 0 Å². The van der Waals surface area contributed by atoms with Crippen LogP contribution in [0.15, 0.2) is 5.57 Å². The maximum Gasteiger partial charge on any atom is 0.421 e. The van der Waals surface area contributed by atoms with Gasteiger partial charge in [0.05, 0.1) is 0 Å². The van der Waals surface area contributed by atoms with Crippen LogP contribution >= 0.6 is 0 Å². The van der Waals surface area contributed by atoms with Gasteiger partial charge in [0.1, 0.15) is 5.57 Å². The lowest BCUT2D eigenvalue weighted by Crippen LogP contribution is -2.26. The van der Waals surface area contributed by atoms with Crippen molar-refractivity contribution in [2.45, 2.75) is 25.7 Å². The predicted molar refractivity (Wildman–Crippen MR) is 29.2 cm³/mol. The minimum absolute atomic E-state index is 0.422. The summed E-state index contributed by atoms with van der Waals surface area (Å²) >= 11 is 0. The third kappa shape index (κ3) is 3.15. The van der Waals surface area contributed by atoms with Gasteiger partial charge >= 0.3 is 12.4 Å². The Morgan fingerprint density at radius 3 is 1.42 bits per heavy atom. The molecule has 0 aromatic rings. The lowest BCUT2D eigenvalue weighted by molar-refractivity contribution is -0.173. The molecule has 0 aliphatic carbocycles. The Balaban J connectivity index is 4.83. The minimum atomic E-state index is -5.37. The standard InChI is InChI=1S/C6H5F6/c1-2-3-4(5(7,8)9)6(10,11)12/h2H2,1H3. The van der Waals surface area contributed by atoms with Crippen LogP contribution in [0.5, 0.6) is 0 Å². The first-order valence-electron chi connectivity index (χ1n) is 2.94. The van der Waals surface area contributed by atoms with E-state index in [0.29, 0.717) is 0 Å². The zero-order valence-electron chi connectivity index (χ0n) is 5.97. The summed E-state index contributed by atoms with van der Waals surface area (Å²) in [5.74, 6) is 0. The van der Waals surface area contributed by atoms with E-state index in [1.54, 1.807) is 0 Å². The molecule has 71 valence electrons. The number of alkyl halides is 6. The molecule has 1 radical (unpaired) electrons. The summed E-state index contributed by atoms with van der Waals surface area (Å²) in [6, 6.07) is 0. The normalized spacial score (nSPS) is 12.9. The van der Waals surface area contributed by atoms with Gasteiger partial charge in [0.2, 0.25) is 0 Å². The van der Waals surface area contributed by atoms with Crippen LogP contribution in [0.4, 0.5) is 26.3 Å². The molecule has 0 spiro atoms. The van der Waals surface area contributed by atoms with E-state index in [0.717, 1.165) is 6.92 Å². The molecule has 12 heavy (non-hydrogen) atoms. The average molecular weight is 191 g/mol. The molecule has 6 heteroatoms. The molecule has 0 fully saturated rings. The van der Waals surface area contributed by atoms with Crippen molar-refractivity contribution in [1.82, 2.24) is 0 Å². The lowest BCUT2D eigenvalue weighted by atomic mass is 10.2. The fourth-order valence-electron chi connectivity index (χ4n) is 0.538. The van der Waals surface area contributed by atoms with E-state index in [2.05, 4.69) is 0 Å². The van der Waals surface area contributed by atoms with E-state index >= 15 is 0 Å². The molecule has 0 aromatic carbocycles. The maximum atomic E-state index is 11.6. The maximum absolute atomic E-state index is 11.6. The molecule has 0 atom stereocenters. The largest absolute Gasteiger partial charge is 0.421 e. The van der Waals surface area contributed by atoms with Gasteiger partial charge in [-0.2, -0.15) is 26.3 Å². The Labute approximate surface area is 64.9 Å². The van der Waals surface area contributed by atoms with Crippen LogP contribution in [-0.4, -0.2) is 12.4 Å². The number of hydrogen-bond donors (Lipinski definition) is 0. The number of halogens is 6. The van der Waals surface area contributed by atoms with Gasteiger partial charge in [-0.25, -0.2) is 0 Å². The summed E-state index contributed by atoms with van der Waals surface area (Å²) in [6.07, 6.45) is -9.93. The van der Waals surface area contributed by atoms with Gasteiger partial charge in [-0.3, -0.25) is 0 Å². The van der Waals surface area contributed by atoms with E-state index in [1.165, 1.54) is 6.08 Å². The third-order valence-electron chi connectivity index (χ3n) is 0.921. The number of allylic oxidation sites excluding steroid dienone is 2. The van der Waals surface area contributed by atoms with Crippen LogP contribution in [-0.2, 0) is 0 Å². The highest BCUT2D eigenvalue weighted by Gasteiger charge is 2.50. The highest BCUT2D eigenvalue weighted by atomic mass is 19.4. The van der Waals surface area contributed by atoms with E-state index in [9.17, 15) is 26.3 Å². The molecule has 0 aliphatic heterocycles. The van der Waals surface area contributed by atoms with Crippen LogP contribution in [0.2, 0.25) is 0 Å². The van der Waals surface area contributed by atoms with Crippen LogP contribution < -0.4 is 0 Å². The van der Waals surface area contributed by atoms with Gasteiger partial charge in [0.15, 0.2) is 0 Å². The summed E-state index contributed by atoms with van der Waals surface area (Å²) in [7, 11) is 0. The molecule has 0 N–H and O–H groups in total. The smallest absolute Gasteiger partial charge is 0.166 e. The summed E-state index contributed by atoms with van der Waals surface area (Å²) in [6.45, 7) is 1.15. The molecule has 0 nitrogen and oxygen atoms in total. The minimum Gasteiger partial charge on any atom is -0.166 e. The Hall–Kier alpha value is -0.680. The van der Waals surface area contributed by atoms with E-state index < -0.39 is 24.3 Å². The summed E-state index contributed by atoms with van der Waals surface area (Å²) in [5, 5.41) is 0. The third-order valence-corrected chi connectivity index (χ3v) is 0.921. The predicted octanol–water partition coefficient (Wildman–Crippen LogP) is 3.25. The zero-order valence-corrected chi connectivity index (χ0v) is 5.97. The Morgan fingerprint density at radius 2 is 1.33 bits per heavy atom. The van der Waals surface area contributed by atoms with Crippen molar-refractivity contribution in [3.8, 4) is 0 Å². The Kier molecular flexibility index (Phi) is 3.17. The fourth-order valence-corrected chi connectivity index (χ4v) is 0.538. The molecule has 0 saturated carbocycles. The molecule has 0 bridgehead atoms. The second kappa shape index (κ2) is 3.37. The molecule has 0 saturated heterocycles.